The number of hydrogen-bond donors (Lipinski definition) is 5. The van der Waals surface area contributed by atoms with Crippen molar-refractivity contribution in [3.63, 3.8) is 0 Å². The zero-order valence-corrected chi connectivity index (χ0v) is 89.3. The van der Waals surface area contributed by atoms with Gasteiger partial charge in [-0.15, -0.1) is 0 Å². The number of carbonyl (C=O) groups is 10. The minimum Gasteiger partial charge on any atom is -0.460 e. The average Bonchev–Trinajstić information content (AvgIpc) is 0.773. The number of fused-ring (bicyclic) bond motifs is 6. The first-order valence-electron chi connectivity index (χ1n) is 50.6. The molecule has 2 amide bonds. The number of aliphatic hydroxyl groups is 5. The molecule has 4 saturated heterocycles. The van der Waals surface area contributed by atoms with E-state index in [-0.39, 0.29) is 123 Å². The maximum Gasteiger partial charge on any atom is 0.341 e. The molecule has 0 spiro atoms. The van der Waals surface area contributed by atoms with Crippen LogP contribution in [-0.4, -0.2) is 278 Å². The molecule has 8 aliphatic rings. The van der Waals surface area contributed by atoms with E-state index in [4.69, 9.17) is 47.4 Å². The summed E-state index contributed by atoms with van der Waals surface area (Å²) in [6.45, 7) is 34.6. The van der Waals surface area contributed by atoms with Crippen molar-refractivity contribution in [2.24, 2.45) is 71.0 Å². The average molecular weight is 2000 g/mol. The number of hydrogen-bond acceptors (Lipinski definition) is 27. The van der Waals surface area contributed by atoms with Crippen LogP contribution >= 0.6 is 15.6 Å². The Kier molecular flexibility index (Phi) is 54.8. The molecule has 5 N–H and O–H groups in total. The third kappa shape index (κ3) is 36.6. The summed E-state index contributed by atoms with van der Waals surface area (Å²) in [6.07, 6.45) is 23.4. The lowest BCUT2D eigenvalue weighted by Gasteiger charge is -2.42. The quantitative estimate of drug-likeness (QED) is 0.0495. The second-order valence-electron chi connectivity index (χ2n) is 40.5. The predicted octanol–water partition coefficient (Wildman–Crippen LogP) is 16.6. The molecule has 0 aromatic heterocycles. The molecular formula is C108H176N2O27P2+2. The maximum atomic E-state index is 14.4. The summed E-state index contributed by atoms with van der Waals surface area (Å²) in [7, 11) is 6.78. The van der Waals surface area contributed by atoms with Crippen molar-refractivity contribution in [1.82, 2.24) is 9.80 Å². The lowest BCUT2D eigenvalue weighted by molar-refractivity contribution is -0.265. The van der Waals surface area contributed by atoms with Gasteiger partial charge in [0.2, 0.25) is 11.6 Å². The van der Waals surface area contributed by atoms with Gasteiger partial charge in [0.1, 0.15) is 86.4 Å². The number of rotatable bonds is 13. The Hall–Kier alpha value is -6.50. The van der Waals surface area contributed by atoms with E-state index >= 15 is 0 Å². The highest BCUT2D eigenvalue weighted by Gasteiger charge is 2.56. The molecule has 788 valence electrons. The van der Waals surface area contributed by atoms with E-state index in [0.29, 0.717) is 120 Å². The zero-order valence-electron chi connectivity index (χ0n) is 87.5. The number of Topliss-reactive ketones (excluding diaryl/α,β-unsaturated/α-hetero) is 6. The zero-order chi connectivity index (χ0) is 103. The van der Waals surface area contributed by atoms with Gasteiger partial charge < -0.3 is 82.7 Å². The standard InChI is InChI=1S/C52H81NO13P.C51H79NO13.C2H6OP.C2H6.CH4/c1-31-17-13-12-14-18-32(2)42(62-8)29-39-22-20-37(7)52(60,66-39)49(57)50(58)53-24-16-15-19-40(53)51(59)65-43(34(4)27-38-21-23-45(67(11)61)44(28-38)63-9)30-41(54)33(3)26-36(6)47(56)48(64-10)46(55)35(5)25-31;1-30-16-12-11-13-17-31(2)42(61-8)28-38-21-19-36(7)51(60,65-38)48(57)49(58)52-23-15-14-18-39(52)50(59)64-43(33(4)26-37-20-22-40(53)44(27-37)62-9)29-41(54)32(3)25-35(6)46(56)47(63-10)45(55)34(5)24-30;1-4(2)3;1-2;/h12-14,17-18,26,31,33-35,37-40,42-45,47-48,56,60H,15-16,19-25,27-30H2,1-11H3;11-13,16-17,25,30,32-34,36-40,42-44,46-47,53,56,60H,14-15,18-24,26-29H2,1-10H3;1-2H3;1-2H3;1H4/q+1;;+1;;/b14-12?,17-13+,32-18?,36-26+;13-11?,16-12+,31-17?,35-25+;;;/t31-,33-,34-,35-,37-,38+,39+,40+,42+,43?,44-,45?,47-,48+,52-;30-,32-,33-,34-,36-,37+,38+,39+,40?,42+,43?,44-,46-,47+,51-;;;/m11.../s1. The summed E-state index contributed by atoms with van der Waals surface area (Å²) in [6, 6.07) is -2.28. The molecule has 6 heterocycles. The molecule has 2 saturated carbocycles. The Labute approximate surface area is 832 Å². The predicted molar refractivity (Wildman–Crippen MR) is 539 cm³/mol. The summed E-state index contributed by atoms with van der Waals surface area (Å²) in [5.41, 5.74) is 2.48. The first-order valence-corrected chi connectivity index (χ1v) is 54.5. The van der Waals surface area contributed by atoms with Crippen molar-refractivity contribution < 1.29 is 130 Å². The van der Waals surface area contributed by atoms with Gasteiger partial charge in [0, 0.05) is 117 Å². The summed E-state index contributed by atoms with van der Waals surface area (Å²) in [4.78, 5) is 144. The van der Waals surface area contributed by atoms with Gasteiger partial charge in [-0.3, -0.25) is 38.4 Å². The molecule has 5 unspecified atom stereocenters. The minimum atomic E-state index is -2.43. The Morgan fingerprint density at radius 1 is 0.453 bits per heavy atom. The molecule has 31 heteroatoms. The number of nitrogens with zero attached hydrogens (tertiary/aromatic N) is 2. The van der Waals surface area contributed by atoms with Gasteiger partial charge in [-0.25, -0.2) is 9.59 Å². The monoisotopic (exact) mass is 2000 g/mol. The van der Waals surface area contributed by atoms with Crippen molar-refractivity contribution >= 4 is 74.1 Å². The number of piperidine rings is 2. The van der Waals surface area contributed by atoms with Crippen molar-refractivity contribution in [2.45, 2.75) is 381 Å². The minimum absolute atomic E-state index is 0. The van der Waals surface area contributed by atoms with Crippen molar-refractivity contribution in [3.8, 4) is 0 Å². The van der Waals surface area contributed by atoms with Crippen molar-refractivity contribution in [3.05, 3.63) is 95.2 Å². The van der Waals surface area contributed by atoms with Gasteiger partial charge in [0.25, 0.3) is 23.4 Å². The summed E-state index contributed by atoms with van der Waals surface area (Å²) < 4.78 is 81.2. The van der Waals surface area contributed by atoms with E-state index in [2.05, 4.69) is 0 Å². The Morgan fingerprint density at radius 3 is 1.17 bits per heavy atom. The lowest BCUT2D eigenvalue weighted by atomic mass is 9.78. The van der Waals surface area contributed by atoms with Crippen LogP contribution in [0.1, 0.15) is 272 Å². The number of carbonyl (C=O) groups excluding carboxylic acids is 10. The second kappa shape index (κ2) is 61.1. The third-order valence-electron chi connectivity index (χ3n) is 29.4. The molecule has 6 aliphatic heterocycles. The van der Waals surface area contributed by atoms with Crippen LogP contribution in [0.4, 0.5) is 0 Å². The summed E-state index contributed by atoms with van der Waals surface area (Å²) in [5, 5.41) is 57.3. The fourth-order valence-corrected chi connectivity index (χ4v) is 21.9. The fourth-order valence-electron chi connectivity index (χ4n) is 20.6. The van der Waals surface area contributed by atoms with Crippen LogP contribution in [0.3, 0.4) is 0 Å². The van der Waals surface area contributed by atoms with Gasteiger partial charge in [0.15, 0.2) is 17.2 Å². The van der Waals surface area contributed by atoms with Gasteiger partial charge in [-0.1, -0.05) is 173 Å². The smallest absolute Gasteiger partial charge is 0.341 e. The number of amides is 2. The van der Waals surface area contributed by atoms with Gasteiger partial charge >= 0.3 is 27.5 Å². The number of methoxy groups -OCH3 is 6. The van der Waals surface area contributed by atoms with E-state index in [9.17, 15) is 82.6 Å². The molecule has 6 fully saturated rings. The molecule has 0 aromatic rings. The second-order valence-corrected chi connectivity index (χ2v) is 43.9. The molecule has 2 aliphatic carbocycles. The van der Waals surface area contributed by atoms with E-state index in [1.54, 1.807) is 102 Å². The number of ketones is 6. The lowest BCUT2D eigenvalue weighted by Crippen LogP contribution is -2.61. The number of ether oxygens (including phenoxy) is 10. The molecular weight excluding hydrogens is 1820 g/mol. The van der Waals surface area contributed by atoms with Gasteiger partial charge in [-0.2, -0.15) is 0 Å². The first-order chi connectivity index (χ1) is 65.1. The van der Waals surface area contributed by atoms with E-state index in [0.717, 1.165) is 30.4 Å². The summed E-state index contributed by atoms with van der Waals surface area (Å²) >= 11 is 0. The number of aliphatic hydroxyl groups excluding tert-OH is 3. The van der Waals surface area contributed by atoms with E-state index < -0.39 is 177 Å². The van der Waals surface area contributed by atoms with Crippen LogP contribution in [0.15, 0.2) is 95.2 Å². The third-order valence-corrected chi connectivity index (χ3v) is 30.9. The molecule has 0 radical (unpaired) electrons. The molecule has 31 atom stereocenters. The van der Waals surface area contributed by atoms with Crippen molar-refractivity contribution in [2.75, 3.05) is 75.7 Å². The molecule has 139 heavy (non-hydrogen) atoms. The number of allylic oxidation sites excluding steroid dienone is 12. The Bertz CT molecular complexity index is 4250. The van der Waals surface area contributed by atoms with E-state index in [1.807, 2.05) is 130 Å². The van der Waals surface area contributed by atoms with E-state index in [1.165, 1.54) is 24.0 Å². The van der Waals surface area contributed by atoms with Gasteiger partial charge in [-0.05, 0) is 214 Å². The first kappa shape index (κ1) is 125. The highest BCUT2D eigenvalue weighted by molar-refractivity contribution is 7.44. The summed E-state index contributed by atoms with van der Waals surface area (Å²) in [5.74, 6) is -15.9. The van der Waals surface area contributed by atoms with Crippen LogP contribution in [0, 0.1) is 71.0 Å². The van der Waals surface area contributed by atoms with Crippen LogP contribution in [0.5, 0.6) is 0 Å². The molecule has 0 aromatic carbocycles. The molecule has 29 nitrogen and oxygen atoms in total. The van der Waals surface area contributed by atoms with Crippen LogP contribution in [-0.2, 0) is 104 Å². The van der Waals surface area contributed by atoms with Gasteiger partial charge in [0.05, 0.1) is 36.6 Å². The number of esters is 2. The molecule has 4 bridgehead atoms. The van der Waals surface area contributed by atoms with Crippen molar-refractivity contribution in [1.29, 1.82) is 0 Å². The largest absolute Gasteiger partial charge is 0.460 e. The fraction of sp³-hybridized carbons (Fsp3) is 0.759. The van der Waals surface area contributed by atoms with Crippen LogP contribution in [0.25, 0.3) is 0 Å². The topological polar surface area (TPSA) is 405 Å². The normalized spacial score (nSPS) is 37.1. The molecule has 8 rings (SSSR count). The number of cyclic esters (lactones) is 2. The Morgan fingerprint density at radius 2 is 0.820 bits per heavy atom. The SMILES string of the molecule is C.CC.CO[C@H]1C[C@@H]2CC[C@@H](C)[C@@](O)(O2)C(=O)C(=O)N2CCCC[C@H]2C(=O)OC([C@H](C)C[C@@H]2CCC(O)[C@H](OC)C2)CC(=O)[C@H](C)/C=C(\C)[C@@H](O)[C@@H](OC)C(=O)[C@H](C)C[C@H](C)/C=C/C=CC=C1C.CO[C@H]1C[C@@H]2CC[C@@H](C)[C@@](O)(O2)C(=O)C(=O)N2CCCC[C@H]2C(=O)OC([C@H](C)C[C@@H]2CCC([P+](C)=O)[C@H](OC)C2)CC(=O)[C@H](C)/C=C(\C)[C@@H](O)[C@@H](OC)C(=O)[C@H](C)C[C@H](C)/C=C/C=CC=C1C.C[P+](C)=O. The Balaban J connectivity index is 0.000000545. The highest BCUT2D eigenvalue weighted by atomic mass is 31.1. The van der Waals surface area contributed by atoms with Crippen LogP contribution < -0.4 is 0 Å². The maximum absolute atomic E-state index is 14.4. The highest BCUT2D eigenvalue weighted by Crippen LogP contribution is 2.45. The van der Waals surface area contributed by atoms with Crippen LogP contribution in [0.2, 0.25) is 0 Å².